The molecule has 2 aliphatic rings. The Balaban J connectivity index is 1.74. The summed E-state index contributed by atoms with van der Waals surface area (Å²) >= 11 is 0. The van der Waals surface area contributed by atoms with Crippen LogP contribution in [0.1, 0.15) is 34.3 Å². The van der Waals surface area contributed by atoms with Crippen LogP contribution in [0.4, 0.5) is 13.2 Å². The predicted molar refractivity (Wildman–Crippen MR) is 92.9 cm³/mol. The summed E-state index contributed by atoms with van der Waals surface area (Å²) in [5, 5.41) is 2.23. The number of rotatable bonds is 6. The van der Waals surface area contributed by atoms with Crippen molar-refractivity contribution in [2.24, 2.45) is 5.73 Å². The zero-order valence-electron chi connectivity index (χ0n) is 15.1. The number of halogens is 3. The fourth-order valence-corrected chi connectivity index (χ4v) is 3.63. The third-order valence-corrected chi connectivity index (χ3v) is 4.84. The number of benzene rings is 1. The summed E-state index contributed by atoms with van der Waals surface area (Å²) in [4.78, 5) is 38.6. The summed E-state index contributed by atoms with van der Waals surface area (Å²) in [6, 6.07) is 4.16. The molecule has 0 saturated carbocycles. The fourth-order valence-electron chi connectivity index (χ4n) is 3.63. The number of fused-ring (bicyclic) bond motifs is 1. The molecule has 1 fully saturated rings. The molecular weight excluding hydrogens is 377 g/mol. The van der Waals surface area contributed by atoms with Crippen LogP contribution in [0, 0.1) is 0 Å². The van der Waals surface area contributed by atoms with Crippen molar-refractivity contribution in [3.8, 4) is 0 Å². The largest absolute Gasteiger partial charge is 0.401 e. The molecule has 152 valence electrons. The van der Waals surface area contributed by atoms with Gasteiger partial charge in [-0.15, -0.1) is 0 Å². The first-order valence-corrected chi connectivity index (χ1v) is 8.93. The Morgan fingerprint density at radius 3 is 2.64 bits per heavy atom. The first-order valence-electron chi connectivity index (χ1n) is 8.93. The van der Waals surface area contributed by atoms with Gasteiger partial charge in [0.05, 0.1) is 6.54 Å². The van der Waals surface area contributed by atoms with Gasteiger partial charge in [0.1, 0.15) is 6.04 Å². The van der Waals surface area contributed by atoms with E-state index in [1.807, 2.05) is 0 Å². The number of carbonyl (C=O) groups is 3. The van der Waals surface area contributed by atoms with Crippen LogP contribution in [0.15, 0.2) is 18.2 Å². The molecule has 1 atom stereocenters. The van der Waals surface area contributed by atoms with E-state index in [-0.39, 0.29) is 50.8 Å². The van der Waals surface area contributed by atoms with E-state index in [1.54, 1.807) is 18.2 Å². The lowest BCUT2D eigenvalue weighted by Crippen LogP contribution is -2.52. The zero-order chi connectivity index (χ0) is 20.5. The van der Waals surface area contributed by atoms with Crippen molar-refractivity contribution in [3.63, 3.8) is 0 Å². The average molecular weight is 398 g/mol. The van der Waals surface area contributed by atoms with Gasteiger partial charge < -0.3 is 10.6 Å². The van der Waals surface area contributed by atoms with E-state index >= 15 is 0 Å². The van der Waals surface area contributed by atoms with Crippen molar-refractivity contribution < 1.29 is 27.6 Å². The molecular formula is C18H21F3N4O3. The highest BCUT2D eigenvalue weighted by atomic mass is 19.4. The van der Waals surface area contributed by atoms with Gasteiger partial charge in [0.25, 0.3) is 5.91 Å². The van der Waals surface area contributed by atoms with Crippen LogP contribution >= 0.6 is 0 Å². The summed E-state index contributed by atoms with van der Waals surface area (Å²) in [5.41, 5.74) is 7.13. The zero-order valence-corrected chi connectivity index (χ0v) is 15.1. The maximum absolute atomic E-state index is 12.7. The lowest BCUT2D eigenvalue weighted by molar-refractivity contribution is -0.146. The van der Waals surface area contributed by atoms with Crippen LogP contribution in [0.25, 0.3) is 0 Å². The molecule has 7 nitrogen and oxygen atoms in total. The minimum Gasteiger partial charge on any atom is -0.329 e. The van der Waals surface area contributed by atoms with Gasteiger partial charge in [0.2, 0.25) is 11.8 Å². The molecule has 2 aliphatic heterocycles. The Labute approximate surface area is 159 Å². The summed E-state index contributed by atoms with van der Waals surface area (Å²) in [6.45, 7) is -0.635. The second-order valence-corrected chi connectivity index (χ2v) is 7.01. The number of alkyl halides is 3. The standard InChI is InChI=1S/C18H21F3N4O3/c19-18(20,21)10-24(6-5-22)8-11-1-2-13-12(7-11)9-25(17(13)28)14-3-4-15(26)23-16(14)27/h1-2,7,14H,3-6,8-10,22H2,(H,23,26,27). The van der Waals surface area contributed by atoms with Gasteiger partial charge in [0, 0.05) is 38.2 Å². The number of carbonyl (C=O) groups excluding carboxylic acids is 3. The maximum atomic E-state index is 12.7. The summed E-state index contributed by atoms with van der Waals surface area (Å²) in [7, 11) is 0. The number of nitrogens with one attached hydrogen (secondary N) is 1. The number of nitrogens with zero attached hydrogens (tertiary/aromatic N) is 2. The SMILES string of the molecule is NCCN(Cc1ccc2c(c1)CN(C1CCC(=O)NC1=O)C2=O)CC(F)(F)F. The first-order chi connectivity index (χ1) is 13.2. The van der Waals surface area contributed by atoms with Crippen LogP contribution in [-0.2, 0) is 22.7 Å². The minimum atomic E-state index is -4.33. The molecule has 1 aromatic rings. The molecule has 2 heterocycles. The number of piperidine rings is 1. The average Bonchev–Trinajstić information content (AvgIpc) is 2.90. The quantitative estimate of drug-likeness (QED) is 0.691. The van der Waals surface area contributed by atoms with Crippen LogP contribution in [0.2, 0.25) is 0 Å². The highest BCUT2D eigenvalue weighted by molar-refractivity contribution is 6.05. The van der Waals surface area contributed by atoms with Crippen molar-refractivity contribution in [1.29, 1.82) is 0 Å². The van der Waals surface area contributed by atoms with Crippen LogP contribution < -0.4 is 11.1 Å². The first kappa shape index (κ1) is 20.3. The second kappa shape index (κ2) is 7.88. The number of hydrogen-bond acceptors (Lipinski definition) is 5. The molecule has 1 saturated heterocycles. The smallest absolute Gasteiger partial charge is 0.329 e. The van der Waals surface area contributed by atoms with Crippen molar-refractivity contribution in [3.05, 3.63) is 34.9 Å². The van der Waals surface area contributed by atoms with Gasteiger partial charge in [-0.1, -0.05) is 12.1 Å². The second-order valence-electron chi connectivity index (χ2n) is 7.01. The van der Waals surface area contributed by atoms with E-state index < -0.39 is 24.7 Å². The molecule has 1 unspecified atom stereocenters. The van der Waals surface area contributed by atoms with E-state index in [9.17, 15) is 27.6 Å². The van der Waals surface area contributed by atoms with Crippen LogP contribution in [0.5, 0.6) is 0 Å². The van der Waals surface area contributed by atoms with E-state index in [2.05, 4.69) is 5.32 Å². The van der Waals surface area contributed by atoms with Gasteiger partial charge in [-0.05, 0) is 23.6 Å². The molecule has 3 amide bonds. The number of nitrogens with two attached hydrogens (primary N) is 1. The van der Waals surface area contributed by atoms with Crippen molar-refractivity contribution in [2.75, 3.05) is 19.6 Å². The van der Waals surface area contributed by atoms with Gasteiger partial charge >= 0.3 is 6.18 Å². The van der Waals surface area contributed by atoms with Crippen LogP contribution in [-0.4, -0.2) is 59.4 Å². The molecule has 0 aliphatic carbocycles. The summed E-state index contributed by atoms with van der Waals surface area (Å²) in [5.74, 6) is -1.18. The van der Waals surface area contributed by atoms with E-state index in [1.165, 1.54) is 9.80 Å². The third kappa shape index (κ3) is 4.50. The molecule has 3 rings (SSSR count). The Kier molecular flexibility index (Phi) is 5.71. The van der Waals surface area contributed by atoms with E-state index in [4.69, 9.17) is 5.73 Å². The number of hydrogen-bond donors (Lipinski definition) is 2. The van der Waals surface area contributed by atoms with Gasteiger partial charge in [-0.25, -0.2) is 0 Å². The molecule has 1 aromatic carbocycles. The molecule has 0 bridgehead atoms. The fraction of sp³-hybridized carbons (Fsp3) is 0.500. The molecule has 0 aromatic heterocycles. The van der Waals surface area contributed by atoms with Crippen molar-refractivity contribution >= 4 is 17.7 Å². The monoisotopic (exact) mass is 398 g/mol. The molecule has 0 radical (unpaired) electrons. The highest BCUT2D eigenvalue weighted by Crippen LogP contribution is 2.28. The van der Waals surface area contributed by atoms with E-state index in [0.29, 0.717) is 16.7 Å². The lowest BCUT2D eigenvalue weighted by atomic mass is 10.0. The van der Waals surface area contributed by atoms with Crippen LogP contribution in [0.3, 0.4) is 0 Å². The van der Waals surface area contributed by atoms with Crippen molar-refractivity contribution in [2.45, 2.75) is 38.1 Å². The molecule has 0 spiro atoms. The normalized spacial score (nSPS) is 20.0. The van der Waals surface area contributed by atoms with Gasteiger partial charge in [-0.3, -0.25) is 24.6 Å². The Bertz CT molecular complexity index is 797. The van der Waals surface area contributed by atoms with Gasteiger partial charge in [-0.2, -0.15) is 13.2 Å². The molecule has 10 heteroatoms. The lowest BCUT2D eigenvalue weighted by Gasteiger charge is -2.29. The van der Waals surface area contributed by atoms with Crippen molar-refractivity contribution in [1.82, 2.24) is 15.1 Å². The predicted octanol–water partition coefficient (Wildman–Crippen LogP) is 0.771. The Hall–Kier alpha value is -2.46. The molecule has 3 N–H and O–H groups in total. The maximum Gasteiger partial charge on any atom is 0.401 e. The summed E-state index contributed by atoms with van der Waals surface area (Å²) < 4.78 is 38.2. The van der Waals surface area contributed by atoms with E-state index in [0.717, 1.165) is 0 Å². The third-order valence-electron chi connectivity index (χ3n) is 4.84. The minimum absolute atomic E-state index is 0.0522. The topological polar surface area (TPSA) is 95.7 Å². The Morgan fingerprint density at radius 1 is 1.25 bits per heavy atom. The number of amides is 3. The summed E-state index contributed by atoms with van der Waals surface area (Å²) in [6.07, 6.45) is -3.91. The number of imide groups is 1. The highest BCUT2D eigenvalue weighted by Gasteiger charge is 2.39. The van der Waals surface area contributed by atoms with Gasteiger partial charge in [0.15, 0.2) is 0 Å². The Morgan fingerprint density at radius 2 is 2.00 bits per heavy atom. The molecule has 28 heavy (non-hydrogen) atoms.